The number of carbonyl (C=O) groups is 2. The molecule has 1 aliphatic rings. The highest BCUT2D eigenvalue weighted by Gasteiger charge is 2.28. The molecule has 0 aliphatic heterocycles. The molecule has 1 fully saturated rings. The fraction of sp³-hybridized carbons (Fsp3) is 0.667. The predicted molar refractivity (Wildman–Crippen MR) is 76.1 cm³/mol. The maximum atomic E-state index is 11.9. The van der Waals surface area contributed by atoms with Crippen LogP contribution in [0.4, 0.5) is 0 Å². The van der Waals surface area contributed by atoms with Crippen LogP contribution in [0.1, 0.15) is 67.6 Å². The molecule has 6 nitrogen and oxygen atoms in total. The van der Waals surface area contributed by atoms with Crippen molar-refractivity contribution in [3.05, 3.63) is 17.5 Å². The predicted octanol–water partition coefficient (Wildman–Crippen LogP) is 2.56. The number of carbonyl (C=O) groups excluding carboxylic acids is 1. The molecular weight excluding hydrogens is 272 g/mol. The monoisotopic (exact) mass is 294 g/mol. The molecule has 1 heterocycles. The maximum absolute atomic E-state index is 11.9. The zero-order chi connectivity index (χ0) is 15.2. The normalized spacial score (nSPS) is 15.7. The van der Waals surface area contributed by atoms with Crippen LogP contribution in [0.2, 0.25) is 0 Å². The summed E-state index contributed by atoms with van der Waals surface area (Å²) >= 11 is 0. The van der Waals surface area contributed by atoms with Gasteiger partial charge in [-0.05, 0) is 31.6 Å². The van der Waals surface area contributed by atoms with Gasteiger partial charge in [-0.25, -0.2) is 0 Å². The smallest absolute Gasteiger partial charge is 0.303 e. The van der Waals surface area contributed by atoms with E-state index in [2.05, 4.69) is 10.5 Å². The van der Waals surface area contributed by atoms with Gasteiger partial charge in [-0.15, -0.1) is 0 Å². The topological polar surface area (TPSA) is 92.4 Å². The summed E-state index contributed by atoms with van der Waals surface area (Å²) in [5.74, 6) is 0.569. The third-order valence-corrected chi connectivity index (χ3v) is 3.92. The first-order valence-corrected chi connectivity index (χ1v) is 7.56. The second kappa shape index (κ2) is 7.24. The second-order valence-electron chi connectivity index (χ2n) is 5.64. The highest BCUT2D eigenvalue weighted by Crippen LogP contribution is 2.40. The lowest BCUT2D eigenvalue weighted by molar-refractivity contribution is -0.137. The average molecular weight is 294 g/mol. The molecule has 0 spiro atoms. The van der Waals surface area contributed by atoms with Crippen molar-refractivity contribution in [2.75, 3.05) is 6.54 Å². The lowest BCUT2D eigenvalue weighted by Gasteiger charge is -2.13. The van der Waals surface area contributed by atoms with Crippen LogP contribution >= 0.6 is 0 Å². The number of carboxylic acid groups (broad SMARTS) is 1. The summed E-state index contributed by atoms with van der Waals surface area (Å²) in [5.41, 5.74) is 0.329. The third kappa shape index (κ3) is 4.88. The van der Waals surface area contributed by atoms with Crippen LogP contribution in [0.25, 0.3) is 0 Å². The first-order valence-electron chi connectivity index (χ1n) is 7.56. The lowest BCUT2D eigenvalue weighted by atomic mass is 9.96. The summed E-state index contributed by atoms with van der Waals surface area (Å²) < 4.78 is 5.15. The zero-order valence-electron chi connectivity index (χ0n) is 12.3. The van der Waals surface area contributed by atoms with E-state index in [1.807, 2.05) is 6.92 Å². The van der Waals surface area contributed by atoms with E-state index < -0.39 is 5.97 Å². The average Bonchev–Trinajstić information content (AvgIpc) is 3.19. The van der Waals surface area contributed by atoms with Crippen LogP contribution in [0.15, 0.2) is 10.6 Å². The summed E-state index contributed by atoms with van der Waals surface area (Å²) in [7, 11) is 0. The van der Waals surface area contributed by atoms with E-state index in [0.717, 1.165) is 31.4 Å². The molecule has 0 aromatic carbocycles. The quantitative estimate of drug-likeness (QED) is 0.730. The van der Waals surface area contributed by atoms with Gasteiger partial charge < -0.3 is 14.9 Å². The maximum Gasteiger partial charge on any atom is 0.303 e. The molecular formula is C15H22N2O4. The molecule has 1 unspecified atom stereocenters. The zero-order valence-corrected chi connectivity index (χ0v) is 12.3. The number of hydrogen-bond donors (Lipinski definition) is 2. The Kier molecular flexibility index (Phi) is 5.36. The van der Waals surface area contributed by atoms with E-state index in [1.165, 1.54) is 0 Å². The van der Waals surface area contributed by atoms with Gasteiger partial charge >= 0.3 is 5.97 Å². The van der Waals surface area contributed by atoms with Gasteiger partial charge in [0, 0.05) is 24.9 Å². The van der Waals surface area contributed by atoms with Gasteiger partial charge in [0.15, 0.2) is 5.69 Å². The third-order valence-electron chi connectivity index (χ3n) is 3.92. The Bertz CT molecular complexity index is 494. The van der Waals surface area contributed by atoms with E-state index in [4.69, 9.17) is 9.63 Å². The molecule has 21 heavy (non-hydrogen) atoms. The van der Waals surface area contributed by atoms with Gasteiger partial charge in [-0.3, -0.25) is 9.59 Å². The molecule has 1 aromatic rings. The second-order valence-corrected chi connectivity index (χ2v) is 5.64. The van der Waals surface area contributed by atoms with Gasteiger partial charge in [-0.2, -0.15) is 0 Å². The standard InChI is InChI=1S/C15H22N2O4/c1-2-10(3-6-14(18)19)7-8-16-15(20)12-9-13(21-17-12)11-4-5-11/h9-11H,2-8H2,1H3,(H,16,20)(H,18,19). The summed E-state index contributed by atoms with van der Waals surface area (Å²) in [6, 6.07) is 1.72. The summed E-state index contributed by atoms with van der Waals surface area (Å²) in [6.45, 7) is 2.57. The summed E-state index contributed by atoms with van der Waals surface area (Å²) in [6.07, 6.45) is 4.75. The van der Waals surface area contributed by atoms with Crippen LogP contribution in [-0.2, 0) is 4.79 Å². The molecule has 1 aliphatic carbocycles. The Labute approximate surface area is 123 Å². The van der Waals surface area contributed by atoms with Gasteiger partial charge in [0.2, 0.25) is 0 Å². The number of nitrogens with one attached hydrogen (secondary N) is 1. The summed E-state index contributed by atoms with van der Waals surface area (Å²) in [5, 5.41) is 15.3. The number of hydrogen-bond acceptors (Lipinski definition) is 4. The van der Waals surface area contributed by atoms with E-state index >= 15 is 0 Å². The Morgan fingerprint density at radius 2 is 2.24 bits per heavy atom. The minimum absolute atomic E-state index is 0.181. The van der Waals surface area contributed by atoms with Crippen molar-refractivity contribution in [3.8, 4) is 0 Å². The van der Waals surface area contributed by atoms with Gasteiger partial charge in [-0.1, -0.05) is 18.5 Å². The first kappa shape index (κ1) is 15.5. The molecule has 116 valence electrons. The molecule has 0 saturated heterocycles. The van der Waals surface area contributed by atoms with Crippen molar-refractivity contribution >= 4 is 11.9 Å². The molecule has 1 saturated carbocycles. The minimum Gasteiger partial charge on any atom is -0.481 e. The number of carboxylic acids is 1. The Morgan fingerprint density at radius 1 is 1.48 bits per heavy atom. The van der Waals surface area contributed by atoms with Crippen LogP contribution in [0.3, 0.4) is 0 Å². The largest absolute Gasteiger partial charge is 0.481 e. The molecule has 1 aromatic heterocycles. The molecule has 6 heteroatoms. The fourth-order valence-electron chi connectivity index (χ4n) is 2.32. The van der Waals surface area contributed by atoms with Gasteiger partial charge in [0.05, 0.1) is 0 Å². The van der Waals surface area contributed by atoms with E-state index in [9.17, 15) is 9.59 Å². The van der Waals surface area contributed by atoms with E-state index in [0.29, 0.717) is 30.5 Å². The van der Waals surface area contributed by atoms with Crippen LogP contribution in [-0.4, -0.2) is 28.7 Å². The number of aliphatic carboxylic acids is 1. The van der Waals surface area contributed by atoms with Crippen molar-refractivity contribution in [1.29, 1.82) is 0 Å². The molecule has 2 rings (SSSR count). The molecule has 2 N–H and O–H groups in total. The number of amides is 1. The van der Waals surface area contributed by atoms with Crippen molar-refractivity contribution < 1.29 is 19.2 Å². The van der Waals surface area contributed by atoms with Crippen molar-refractivity contribution in [2.45, 2.75) is 51.4 Å². The fourth-order valence-corrected chi connectivity index (χ4v) is 2.32. The van der Waals surface area contributed by atoms with Crippen molar-refractivity contribution in [2.24, 2.45) is 5.92 Å². The Balaban J connectivity index is 1.70. The number of rotatable bonds is 9. The van der Waals surface area contributed by atoms with Crippen LogP contribution in [0.5, 0.6) is 0 Å². The number of aromatic nitrogens is 1. The van der Waals surface area contributed by atoms with Crippen LogP contribution in [0, 0.1) is 5.92 Å². The lowest BCUT2D eigenvalue weighted by Crippen LogP contribution is -2.26. The molecule has 1 amide bonds. The van der Waals surface area contributed by atoms with Crippen LogP contribution < -0.4 is 5.32 Å². The molecule has 1 atom stereocenters. The first-order chi connectivity index (χ1) is 10.1. The van der Waals surface area contributed by atoms with E-state index in [1.54, 1.807) is 6.07 Å². The SMILES string of the molecule is CCC(CCNC(=O)c1cc(C2CC2)on1)CCC(=O)O. The molecule has 0 bridgehead atoms. The Morgan fingerprint density at radius 3 is 2.86 bits per heavy atom. The van der Waals surface area contributed by atoms with Gasteiger partial charge in [0.25, 0.3) is 5.91 Å². The van der Waals surface area contributed by atoms with E-state index in [-0.39, 0.29) is 12.3 Å². The summed E-state index contributed by atoms with van der Waals surface area (Å²) in [4.78, 5) is 22.5. The highest BCUT2D eigenvalue weighted by molar-refractivity contribution is 5.92. The highest BCUT2D eigenvalue weighted by atomic mass is 16.5. The Hall–Kier alpha value is -1.85. The van der Waals surface area contributed by atoms with Crippen molar-refractivity contribution in [1.82, 2.24) is 10.5 Å². The molecule has 0 radical (unpaired) electrons. The number of nitrogens with zero attached hydrogens (tertiary/aromatic N) is 1. The minimum atomic E-state index is -0.771. The van der Waals surface area contributed by atoms with Crippen molar-refractivity contribution in [3.63, 3.8) is 0 Å². The van der Waals surface area contributed by atoms with Gasteiger partial charge in [0.1, 0.15) is 5.76 Å².